The Hall–Kier alpha value is -3.34. The molecule has 0 spiro atoms. The number of hydrogen-bond acceptors (Lipinski definition) is 8. The Morgan fingerprint density at radius 2 is 1.00 bits per heavy atom. The minimum atomic E-state index is -0.0226. The van der Waals surface area contributed by atoms with Crippen molar-refractivity contribution in [3.05, 3.63) is 140 Å². The summed E-state index contributed by atoms with van der Waals surface area (Å²) in [4.78, 5) is 32.4. The van der Waals surface area contributed by atoms with Crippen molar-refractivity contribution >= 4 is 76.4 Å². The summed E-state index contributed by atoms with van der Waals surface area (Å²) in [5.74, 6) is -0.0453. The van der Waals surface area contributed by atoms with E-state index in [0.717, 1.165) is 41.7 Å². The molecule has 0 unspecified atom stereocenters. The third-order valence-corrected chi connectivity index (χ3v) is 8.33. The molecule has 0 fully saturated rings. The Morgan fingerprint density at radius 1 is 0.605 bits per heavy atom. The molecule has 11 heteroatoms. The van der Waals surface area contributed by atoms with Gasteiger partial charge < -0.3 is 10.6 Å². The fraction of sp³-hybridized carbons (Fsp3) is 0. The van der Waals surface area contributed by atoms with Crippen molar-refractivity contribution in [3.63, 3.8) is 0 Å². The van der Waals surface area contributed by atoms with E-state index in [2.05, 4.69) is 52.5 Å². The molecule has 2 aliphatic rings. The molecule has 0 saturated carbocycles. The fourth-order valence-corrected chi connectivity index (χ4v) is 5.84. The molecule has 0 saturated heterocycles. The Kier molecular flexibility index (Phi) is 12.1. The van der Waals surface area contributed by atoms with E-state index in [1.807, 2.05) is 71.4 Å². The second-order valence-electron chi connectivity index (χ2n) is 8.75. The molecular weight excluding hydrogens is 762 g/mol. The van der Waals surface area contributed by atoms with Gasteiger partial charge in [-0.15, -0.1) is 22.7 Å². The first-order valence-corrected chi connectivity index (χ1v) is 15.9. The zero-order valence-corrected chi connectivity index (χ0v) is 30.3. The average molecular weight is 784 g/mol. The van der Waals surface area contributed by atoms with E-state index in [1.54, 1.807) is 36.7 Å². The predicted molar refractivity (Wildman–Crippen MR) is 181 cm³/mol. The quantitative estimate of drug-likeness (QED) is 0.150. The maximum absolute atomic E-state index is 11.7. The zero-order chi connectivity index (χ0) is 29.3. The number of hydrogen-bond donors (Lipinski definition) is 2. The van der Waals surface area contributed by atoms with Crippen molar-refractivity contribution in [3.8, 4) is 22.5 Å². The molecule has 0 amide bonds. The summed E-state index contributed by atoms with van der Waals surface area (Å²) < 4.78 is 1.75. The molecule has 2 heterocycles. The number of halogens is 2. The number of ketones is 2. The van der Waals surface area contributed by atoms with Gasteiger partial charge in [-0.05, 0) is 36.5 Å². The summed E-state index contributed by atoms with van der Waals surface area (Å²) >= 11 is 9.73. The van der Waals surface area contributed by atoms with Crippen molar-refractivity contribution in [1.82, 2.24) is 9.97 Å². The molecular formula is C32H22Br2N4O2S2Zn. The van der Waals surface area contributed by atoms with Gasteiger partial charge in [-0.3, -0.25) is 9.59 Å². The van der Waals surface area contributed by atoms with Crippen molar-refractivity contribution in [2.75, 3.05) is 10.6 Å². The Labute approximate surface area is 286 Å². The van der Waals surface area contributed by atoms with Crippen LogP contribution in [0.3, 0.4) is 0 Å². The van der Waals surface area contributed by atoms with Gasteiger partial charge in [0.05, 0.1) is 11.4 Å². The number of aromatic nitrogens is 2. The van der Waals surface area contributed by atoms with Crippen LogP contribution in [-0.2, 0) is 29.1 Å². The van der Waals surface area contributed by atoms with Crippen LogP contribution in [0.25, 0.3) is 22.5 Å². The van der Waals surface area contributed by atoms with Gasteiger partial charge in [-0.2, -0.15) is 0 Å². The summed E-state index contributed by atoms with van der Waals surface area (Å²) in [6, 6.07) is 20.0. The largest absolute Gasteiger partial charge is 0.337 e. The molecule has 4 aromatic rings. The molecule has 210 valence electrons. The van der Waals surface area contributed by atoms with E-state index in [0.29, 0.717) is 11.1 Å². The maximum Gasteiger partial charge on any atom is 0.187 e. The average Bonchev–Trinajstić information content (AvgIpc) is 3.70. The predicted octanol–water partition coefficient (Wildman–Crippen LogP) is 9.04. The van der Waals surface area contributed by atoms with Crippen LogP contribution in [-0.4, -0.2) is 21.5 Å². The molecule has 0 aliphatic heterocycles. The van der Waals surface area contributed by atoms with E-state index in [9.17, 15) is 9.59 Å². The summed E-state index contributed by atoms with van der Waals surface area (Å²) in [7, 11) is 0. The third-order valence-electron chi connectivity index (χ3n) is 5.79. The Balaban J connectivity index is 0.000000192. The molecule has 0 bridgehead atoms. The van der Waals surface area contributed by atoms with Crippen LogP contribution in [0.5, 0.6) is 0 Å². The Bertz CT molecular complexity index is 1660. The zero-order valence-electron chi connectivity index (χ0n) is 22.5. The number of anilines is 2. The number of carbonyl (C=O) groups is 2. The van der Waals surface area contributed by atoms with Crippen LogP contribution in [0.1, 0.15) is 0 Å². The van der Waals surface area contributed by atoms with E-state index in [-0.39, 0.29) is 31.0 Å². The summed E-state index contributed by atoms with van der Waals surface area (Å²) in [6.07, 6.45) is 13.5. The molecule has 2 aromatic carbocycles. The summed E-state index contributed by atoms with van der Waals surface area (Å²) in [6.45, 7) is 0. The van der Waals surface area contributed by atoms with E-state index < -0.39 is 0 Å². The number of benzene rings is 2. The molecule has 2 aromatic heterocycles. The van der Waals surface area contributed by atoms with Gasteiger partial charge in [0.2, 0.25) is 0 Å². The first-order chi connectivity index (χ1) is 20.4. The van der Waals surface area contributed by atoms with E-state index >= 15 is 0 Å². The van der Waals surface area contributed by atoms with Gasteiger partial charge in [0, 0.05) is 73.9 Å². The smallest absolute Gasteiger partial charge is 0.187 e. The number of nitrogens with zero attached hydrogens (tertiary/aromatic N) is 2. The minimum absolute atomic E-state index is 0. The number of nitrogens with one attached hydrogen (secondary N) is 2. The van der Waals surface area contributed by atoms with Crippen LogP contribution in [0.15, 0.2) is 140 Å². The first-order valence-electron chi connectivity index (χ1n) is 12.6. The van der Waals surface area contributed by atoms with Crippen molar-refractivity contribution in [2.45, 2.75) is 0 Å². The molecule has 0 atom stereocenters. The van der Waals surface area contributed by atoms with Gasteiger partial charge >= 0.3 is 0 Å². The van der Waals surface area contributed by atoms with Crippen LogP contribution in [0.2, 0.25) is 0 Å². The number of allylic oxidation sites excluding steroid dienone is 10. The topological polar surface area (TPSA) is 84.0 Å². The SMILES string of the molecule is O=C1C=CC(Br)=CC1=CNc1nc(-c2ccccc2)cs1.O=C1C=CC(Br)=CC1=CNc1nc(-c2ccccc2)cs1.[Zn]. The molecule has 0 radical (unpaired) electrons. The molecule has 6 rings (SSSR count). The minimum Gasteiger partial charge on any atom is -0.337 e. The first kappa shape index (κ1) is 32.6. The van der Waals surface area contributed by atoms with E-state index in [1.165, 1.54) is 34.8 Å². The molecule has 2 aliphatic carbocycles. The van der Waals surface area contributed by atoms with Gasteiger partial charge in [0.1, 0.15) is 0 Å². The van der Waals surface area contributed by atoms with Crippen molar-refractivity contribution < 1.29 is 29.1 Å². The van der Waals surface area contributed by atoms with E-state index in [4.69, 9.17) is 0 Å². The van der Waals surface area contributed by atoms with Crippen molar-refractivity contribution in [2.24, 2.45) is 0 Å². The second-order valence-corrected chi connectivity index (χ2v) is 12.3. The normalized spacial score (nSPS) is 15.8. The number of carbonyl (C=O) groups excluding carboxylic acids is 2. The Morgan fingerprint density at radius 3 is 1.40 bits per heavy atom. The molecule has 43 heavy (non-hydrogen) atoms. The van der Waals surface area contributed by atoms with Crippen LogP contribution in [0.4, 0.5) is 10.3 Å². The molecule has 2 N–H and O–H groups in total. The number of thiazole rings is 2. The third kappa shape index (κ3) is 9.32. The number of rotatable bonds is 6. The van der Waals surface area contributed by atoms with Gasteiger partial charge in [0.15, 0.2) is 21.8 Å². The molecule has 6 nitrogen and oxygen atoms in total. The van der Waals surface area contributed by atoms with Gasteiger partial charge in [-0.25, -0.2) is 9.97 Å². The summed E-state index contributed by atoms with van der Waals surface area (Å²) in [5.41, 5.74) is 5.20. The standard InChI is InChI=1S/2C16H11BrN2OS.Zn/c2*17-13-6-7-15(20)12(8-13)9-18-16-19-14(10-21-16)11-4-2-1-3-5-11;/h2*1-10H,(H,18,19);. The monoisotopic (exact) mass is 780 g/mol. The van der Waals surface area contributed by atoms with Gasteiger partial charge in [0.25, 0.3) is 0 Å². The van der Waals surface area contributed by atoms with Crippen LogP contribution >= 0.6 is 54.5 Å². The van der Waals surface area contributed by atoms with Crippen LogP contribution < -0.4 is 10.6 Å². The van der Waals surface area contributed by atoms with Gasteiger partial charge in [-0.1, -0.05) is 92.5 Å². The maximum atomic E-state index is 11.7. The van der Waals surface area contributed by atoms with Crippen molar-refractivity contribution in [1.29, 1.82) is 0 Å². The van der Waals surface area contributed by atoms with Crippen LogP contribution in [0, 0.1) is 0 Å². The fourth-order valence-electron chi connectivity index (χ4n) is 3.71. The second kappa shape index (κ2) is 15.9. The summed E-state index contributed by atoms with van der Waals surface area (Å²) in [5, 5.41) is 11.7.